The number of carbonyl (C=O) groups is 1. The summed E-state index contributed by atoms with van der Waals surface area (Å²) in [5.74, 6) is -7.05. The van der Waals surface area contributed by atoms with Gasteiger partial charge in [0.15, 0.2) is 0 Å². The molecule has 1 atom stereocenters. The van der Waals surface area contributed by atoms with Gasteiger partial charge in [-0.15, -0.1) is 12.4 Å². The van der Waals surface area contributed by atoms with Crippen LogP contribution in [0.1, 0.15) is 18.5 Å². The van der Waals surface area contributed by atoms with Gasteiger partial charge in [-0.1, -0.05) is 23.2 Å². The number of nitrogens with two attached hydrogens (primary N) is 1. The van der Waals surface area contributed by atoms with Crippen molar-refractivity contribution in [3.63, 3.8) is 0 Å². The Bertz CT molecular complexity index is 500. The Morgan fingerprint density at radius 1 is 1.45 bits per heavy atom. The maximum atomic E-state index is 13.7. The lowest BCUT2D eigenvalue weighted by molar-refractivity contribution is -0.174. The Balaban J connectivity index is 0.00000361. The second kappa shape index (κ2) is 7.36. The number of rotatable bonds is 4. The number of hydrogen-bond donors (Lipinski definition) is 1. The number of carbonyl (C=O) groups excluding carboxylic acids is 1. The van der Waals surface area contributed by atoms with E-state index in [2.05, 4.69) is 4.74 Å². The summed E-state index contributed by atoms with van der Waals surface area (Å²) in [5, 5.41) is -0.605. The molecule has 0 aromatic heterocycles. The maximum absolute atomic E-state index is 13.7. The van der Waals surface area contributed by atoms with Gasteiger partial charge in [-0.3, -0.25) is 0 Å². The summed E-state index contributed by atoms with van der Waals surface area (Å²) in [6, 6.07) is -0.361. The highest BCUT2D eigenvalue weighted by Gasteiger charge is 2.49. The molecule has 1 rings (SSSR count). The van der Waals surface area contributed by atoms with Gasteiger partial charge in [0.25, 0.3) is 0 Å². The molecule has 0 radical (unpaired) electrons. The van der Waals surface area contributed by atoms with Crippen LogP contribution in [0.15, 0.2) is 12.1 Å². The molecule has 0 saturated heterocycles. The standard InChI is InChI=1S/C11H10Cl2F3NO2.ClH/c1-2-19-10(18)11(15,16)9(17)7-6(14)4-3-5(12)8(7)13;/h3-4,9H,2,17H2,1H3;1H/t9-;/m1./s1. The van der Waals surface area contributed by atoms with Crippen LogP contribution in [0.25, 0.3) is 0 Å². The zero-order valence-electron chi connectivity index (χ0n) is 10.1. The molecule has 0 saturated carbocycles. The molecule has 0 aliphatic rings. The Hall–Kier alpha value is -0.690. The number of ether oxygens (including phenoxy) is 1. The van der Waals surface area contributed by atoms with Crippen molar-refractivity contribution < 1.29 is 22.7 Å². The average molecular weight is 353 g/mol. The fraction of sp³-hybridized carbons (Fsp3) is 0.364. The Morgan fingerprint density at radius 3 is 2.50 bits per heavy atom. The molecule has 0 fully saturated rings. The van der Waals surface area contributed by atoms with Crippen molar-refractivity contribution >= 4 is 41.6 Å². The van der Waals surface area contributed by atoms with Crippen LogP contribution < -0.4 is 5.73 Å². The third kappa shape index (κ3) is 3.69. The van der Waals surface area contributed by atoms with Gasteiger partial charge in [0, 0.05) is 5.56 Å². The van der Waals surface area contributed by atoms with Crippen LogP contribution in [-0.4, -0.2) is 18.5 Å². The quantitative estimate of drug-likeness (QED) is 0.663. The molecule has 1 aromatic carbocycles. The highest BCUT2D eigenvalue weighted by Crippen LogP contribution is 2.38. The first-order valence-corrected chi connectivity index (χ1v) is 5.93. The first kappa shape index (κ1) is 19.3. The van der Waals surface area contributed by atoms with Crippen molar-refractivity contribution in [1.82, 2.24) is 0 Å². The van der Waals surface area contributed by atoms with Gasteiger partial charge in [-0.05, 0) is 19.1 Å². The summed E-state index contributed by atoms with van der Waals surface area (Å²) in [4.78, 5) is 11.1. The number of halogens is 6. The molecule has 9 heteroatoms. The second-order valence-corrected chi connectivity index (χ2v) is 4.36. The highest BCUT2D eigenvalue weighted by atomic mass is 35.5. The van der Waals surface area contributed by atoms with E-state index >= 15 is 0 Å². The van der Waals surface area contributed by atoms with Gasteiger partial charge in [-0.2, -0.15) is 8.78 Å². The number of esters is 1. The van der Waals surface area contributed by atoms with Crippen molar-refractivity contribution in [3.8, 4) is 0 Å². The van der Waals surface area contributed by atoms with Crippen LogP contribution in [0.2, 0.25) is 10.0 Å². The molecule has 0 heterocycles. The fourth-order valence-corrected chi connectivity index (χ4v) is 1.80. The van der Waals surface area contributed by atoms with Gasteiger partial charge in [0.05, 0.1) is 16.7 Å². The molecule has 3 nitrogen and oxygen atoms in total. The predicted molar refractivity (Wildman–Crippen MR) is 72.2 cm³/mol. The molecular formula is C11H11Cl3F3NO2. The van der Waals surface area contributed by atoms with Crippen molar-refractivity contribution in [2.75, 3.05) is 6.61 Å². The van der Waals surface area contributed by atoms with Crippen molar-refractivity contribution in [3.05, 3.63) is 33.6 Å². The smallest absolute Gasteiger partial charge is 0.379 e. The van der Waals surface area contributed by atoms with E-state index in [-0.39, 0.29) is 24.0 Å². The van der Waals surface area contributed by atoms with E-state index in [1.807, 2.05) is 0 Å². The molecule has 1 aromatic rings. The average Bonchev–Trinajstić information content (AvgIpc) is 2.34. The second-order valence-electron chi connectivity index (χ2n) is 3.58. The van der Waals surface area contributed by atoms with Gasteiger partial charge in [-0.25, -0.2) is 9.18 Å². The van der Waals surface area contributed by atoms with Gasteiger partial charge < -0.3 is 10.5 Å². The molecule has 0 aliphatic carbocycles. The first-order valence-electron chi connectivity index (χ1n) is 5.17. The SMILES string of the molecule is CCOC(=O)C(F)(F)[C@H](N)c1c(F)ccc(Cl)c1Cl.Cl. The normalized spacial score (nSPS) is 12.6. The molecule has 0 aliphatic heterocycles. The summed E-state index contributed by atoms with van der Waals surface area (Å²) >= 11 is 11.2. The minimum atomic E-state index is -4.12. The van der Waals surface area contributed by atoms with E-state index in [1.54, 1.807) is 0 Å². The monoisotopic (exact) mass is 351 g/mol. The minimum Gasteiger partial charge on any atom is -0.462 e. The van der Waals surface area contributed by atoms with E-state index in [4.69, 9.17) is 28.9 Å². The summed E-state index contributed by atoms with van der Waals surface area (Å²) in [5.41, 5.74) is 4.51. The highest BCUT2D eigenvalue weighted by molar-refractivity contribution is 6.42. The minimum absolute atomic E-state index is 0. The third-order valence-electron chi connectivity index (χ3n) is 2.33. The van der Waals surface area contributed by atoms with E-state index in [0.29, 0.717) is 0 Å². The van der Waals surface area contributed by atoms with E-state index < -0.39 is 34.3 Å². The summed E-state index contributed by atoms with van der Waals surface area (Å²) in [6.45, 7) is 1.10. The van der Waals surface area contributed by atoms with Crippen LogP contribution in [0.3, 0.4) is 0 Å². The molecule has 0 bridgehead atoms. The van der Waals surface area contributed by atoms with Crippen molar-refractivity contribution in [1.29, 1.82) is 0 Å². The van der Waals surface area contributed by atoms with Crippen LogP contribution >= 0.6 is 35.6 Å². The van der Waals surface area contributed by atoms with Crippen LogP contribution in [0, 0.1) is 5.82 Å². The molecular weight excluding hydrogens is 341 g/mol. The molecule has 20 heavy (non-hydrogen) atoms. The maximum Gasteiger partial charge on any atom is 0.379 e. The Morgan fingerprint density at radius 2 is 2.00 bits per heavy atom. The molecule has 0 spiro atoms. The van der Waals surface area contributed by atoms with Crippen LogP contribution in [0.5, 0.6) is 0 Å². The third-order valence-corrected chi connectivity index (χ3v) is 3.15. The van der Waals surface area contributed by atoms with Gasteiger partial charge in [0.2, 0.25) is 0 Å². The van der Waals surface area contributed by atoms with Crippen LogP contribution in [0.4, 0.5) is 13.2 Å². The van der Waals surface area contributed by atoms with Crippen LogP contribution in [-0.2, 0) is 9.53 Å². The molecule has 0 amide bonds. The summed E-state index contributed by atoms with van der Waals surface area (Å²) in [6.07, 6.45) is 0. The largest absolute Gasteiger partial charge is 0.462 e. The van der Waals surface area contributed by atoms with E-state index in [9.17, 15) is 18.0 Å². The first-order chi connectivity index (χ1) is 8.73. The van der Waals surface area contributed by atoms with Gasteiger partial charge >= 0.3 is 11.9 Å². The molecule has 0 unspecified atom stereocenters. The number of benzene rings is 1. The van der Waals surface area contributed by atoms with Crippen molar-refractivity contribution in [2.24, 2.45) is 5.73 Å². The number of hydrogen-bond acceptors (Lipinski definition) is 3. The Labute approximate surface area is 129 Å². The molecule has 2 N–H and O–H groups in total. The van der Waals surface area contributed by atoms with E-state index in [1.165, 1.54) is 6.92 Å². The summed E-state index contributed by atoms with van der Waals surface area (Å²) < 4.78 is 45.2. The zero-order chi connectivity index (χ0) is 14.8. The Kier molecular flexibility index (Phi) is 7.10. The summed E-state index contributed by atoms with van der Waals surface area (Å²) in [7, 11) is 0. The lowest BCUT2D eigenvalue weighted by Gasteiger charge is -2.23. The lowest BCUT2D eigenvalue weighted by atomic mass is 10.0. The fourth-order valence-electron chi connectivity index (χ4n) is 1.36. The molecule has 114 valence electrons. The zero-order valence-corrected chi connectivity index (χ0v) is 12.5. The lowest BCUT2D eigenvalue weighted by Crippen LogP contribution is -2.42. The van der Waals surface area contributed by atoms with Gasteiger partial charge in [0.1, 0.15) is 11.9 Å². The number of alkyl halides is 2. The predicted octanol–water partition coefficient (Wildman–Crippen LogP) is 3.75. The van der Waals surface area contributed by atoms with Crippen molar-refractivity contribution in [2.45, 2.75) is 18.9 Å². The topological polar surface area (TPSA) is 52.3 Å². The van der Waals surface area contributed by atoms with E-state index in [0.717, 1.165) is 12.1 Å².